The molecule has 1 saturated carbocycles. The topological polar surface area (TPSA) is 76.5 Å². The third-order valence-corrected chi connectivity index (χ3v) is 5.61. The molecule has 1 N–H and O–H groups in total. The molecule has 7 heteroatoms. The van der Waals surface area contributed by atoms with E-state index in [-0.39, 0.29) is 29.9 Å². The maximum atomic E-state index is 12.9. The van der Waals surface area contributed by atoms with Gasteiger partial charge in [0.25, 0.3) is 5.91 Å². The molecule has 1 aromatic heterocycles. The highest BCUT2D eigenvalue weighted by Crippen LogP contribution is 2.40. The van der Waals surface area contributed by atoms with E-state index in [2.05, 4.69) is 10.3 Å². The summed E-state index contributed by atoms with van der Waals surface area (Å²) in [6.07, 6.45) is 8.41. The van der Waals surface area contributed by atoms with Crippen molar-refractivity contribution in [1.29, 1.82) is 0 Å². The zero-order valence-corrected chi connectivity index (χ0v) is 15.4. The zero-order chi connectivity index (χ0) is 18.3. The second-order valence-corrected chi connectivity index (χ2v) is 7.48. The number of aromatic nitrogens is 2. The van der Waals surface area contributed by atoms with Gasteiger partial charge in [0.2, 0.25) is 5.91 Å². The number of amides is 2. The molecule has 0 aromatic carbocycles. The van der Waals surface area contributed by atoms with Crippen molar-refractivity contribution in [3.05, 3.63) is 29.6 Å². The highest BCUT2D eigenvalue weighted by molar-refractivity contribution is 5.94. The average Bonchev–Trinajstić information content (AvgIpc) is 3.37. The number of likely N-dealkylation sites (tertiary alicyclic amines) is 1. The van der Waals surface area contributed by atoms with E-state index >= 15 is 0 Å². The summed E-state index contributed by atoms with van der Waals surface area (Å²) in [5.74, 6) is 1.65. The van der Waals surface area contributed by atoms with Crippen molar-refractivity contribution in [2.24, 2.45) is 7.05 Å². The van der Waals surface area contributed by atoms with Crippen LogP contribution >= 0.6 is 0 Å². The predicted molar refractivity (Wildman–Crippen MR) is 94.9 cm³/mol. The Morgan fingerprint density at radius 3 is 2.77 bits per heavy atom. The third-order valence-electron chi connectivity index (χ3n) is 5.61. The van der Waals surface area contributed by atoms with Gasteiger partial charge in [-0.25, -0.2) is 4.98 Å². The number of carbonyl (C=O) groups excluding carboxylic acids is 2. The number of ether oxygens (including phenoxy) is 1. The molecule has 1 aliphatic carbocycles. The quantitative estimate of drug-likeness (QED) is 0.891. The molecule has 3 heterocycles. The number of hydrogen-bond donors (Lipinski definition) is 1. The molecule has 1 saturated heterocycles. The maximum Gasteiger partial charge on any atom is 0.250 e. The number of aryl methyl sites for hydroxylation is 1. The van der Waals surface area contributed by atoms with Crippen LogP contribution in [-0.4, -0.2) is 45.0 Å². The summed E-state index contributed by atoms with van der Waals surface area (Å²) < 4.78 is 7.49. The van der Waals surface area contributed by atoms with E-state index in [1.54, 1.807) is 6.20 Å². The molecule has 0 bridgehead atoms. The first-order valence-electron chi connectivity index (χ1n) is 9.48. The molecule has 2 fully saturated rings. The van der Waals surface area contributed by atoms with E-state index < -0.39 is 0 Å². The second-order valence-electron chi connectivity index (χ2n) is 7.48. The lowest BCUT2D eigenvalue weighted by Gasteiger charge is -2.41. The molecule has 0 unspecified atom stereocenters. The Kier molecular flexibility index (Phi) is 4.46. The lowest BCUT2D eigenvalue weighted by molar-refractivity contribution is -0.140. The number of nitrogens with zero attached hydrogens (tertiary/aromatic N) is 3. The van der Waals surface area contributed by atoms with E-state index in [1.165, 1.54) is 0 Å². The fourth-order valence-corrected chi connectivity index (χ4v) is 4.08. The van der Waals surface area contributed by atoms with Crippen LogP contribution in [0.5, 0.6) is 0 Å². The monoisotopic (exact) mass is 358 g/mol. The summed E-state index contributed by atoms with van der Waals surface area (Å²) in [6, 6.07) is -0.0647. The van der Waals surface area contributed by atoms with Gasteiger partial charge in [-0.1, -0.05) is 0 Å². The van der Waals surface area contributed by atoms with Crippen LogP contribution in [0.2, 0.25) is 0 Å². The van der Waals surface area contributed by atoms with Crippen LogP contribution in [0.15, 0.2) is 23.7 Å². The van der Waals surface area contributed by atoms with Crippen molar-refractivity contribution in [3.63, 3.8) is 0 Å². The van der Waals surface area contributed by atoms with E-state index in [0.29, 0.717) is 25.2 Å². The van der Waals surface area contributed by atoms with Gasteiger partial charge >= 0.3 is 0 Å². The van der Waals surface area contributed by atoms with Crippen molar-refractivity contribution in [2.75, 3.05) is 6.61 Å². The number of nitrogens with one attached hydrogen (secondary N) is 1. The smallest absolute Gasteiger partial charge is 0.250 e. The Morgan fingerprint density at radius 1 is 1.31 bits per heavy atom. The number of piperidine rings is 1. The summed E-state index contributed by atoms with van der Waals surface area (Å²) in [5.41, 5.74) is 0.727. The Morgan fingerprint density at radius 2 is 2.12 bits per heavy atom. The summed E-state index contributed by atoms with van der Waals surface area (Å²) in [7, 11) is 1.94. The van der Waals surface area contributed by atoms with Gasteiger partial charge in [0.15, 0.2) is 0 Å². The number of rotatable bonds is 4. The summed E-state index contributed by atoms with van der Waals surface area (Å²) in [6.45, 7) is 2.52. The van der Waals surface area contributed by atoms with Gasteiger partial charge in [0.05, 0.1) is 18.2 Å². The lowest BCUT2D eigenvalue weighted by atomic mass is 9.93. The fraction of sp³-hybridized carbons (Fsp3) is 0.632. The Balaban J connectivity index is 1.62. The largest absolute Gasteiger partial charge is 0.498 e. The van der Waals surface area contributed by atoms with Gasteiger partial charge < -0.3 is 19.5 Å². The minimum atomic E-state index is -0.210. The molecule has 26 heavy (non-hydrogen) atoms. The maximum absolute atomic E-state index is 12.9. The third kappa shape index (κ3) is 3.10. The van der Waals surface area contributed by atoms with Crippen molar-refractivity contribution >= 4 is 11.8 Å². The SMILES string of the molecule is CC1=C(C(=O)N[C@@H]2CCC(=O)N(C3CC3)[C@H]2c2nccn2C)CCCO1. The van der Waals surface area contributed by atoms with Crippen LogP contribution in [0, 0.1) is 0 Å². The standard InChI is InChI=1S/C19H26N4O3/c1-12-14(4-3-11-26-12)19(25)21-15-7-8-16(24)23(13-5-6-13)17(15)18-20-9-10-22(18)2/h9-10,13,15,17H,3-8,11H2,1-2H3,(H,21,25)/t15-,17-/m1/s1. The van der Waals surface area contributed by atoms with Crippen molar-refractivity contribution in [2.45, 2.75) is 63.6 Å². The Labute approximate surface area is 153 Å². The van der Waals surface area contributed by atoms with Crippen LogP contribution < -0.4 is 5.32 Å². The number of imidazole rings is 1. The van der Waals surface area contributed by atoms with Crippen LogP contribution in [-0.2, 0) is 21.4 Å². The van der Waals surface area contributed by atoms with E-state index in [9.17, 15) is 9.59 Å². The molecular formula is C19H26N4O3. The number of carbonyl (C=O) groups is 2. The molecule has 4 rings (SSSR count). The fourth-order valence-electron chi connectivity index (χ4n) is 4.08. The van der Waals surface area contributed by atoms with Gasteiger partial charge in [-0.05, 0) is 39.0 Å². The van der Waals surface area contributed by atoms with Crippen molar-refractivity contribution < 1.29 is 14.3 Å². The minimum Gasteiger partial charge on any atom is -0.498 e. The molecule has 7 nitrogen and oxygen atoms in total. The van der Waals surface area contributed by atoms with Crippen molar-refractivity contribution in [3.8, 4) is 0 Å². The predicted octanol–water partition coefficient (Wildman–Crippen LogP) is 1.82. The Hall–Kier alpha value is -2.31. The molecule has 1 aromatic rings. The van der Waals surface area contributed by atoms with E-state index in [0.717, 1.165) is 37.1 Å². The number of allylic oxidation sites excluding steroid dienone is 1. The molecule has 2 amide bonds. The van der Waals surface area contributed by atoms with E-state index in [1.807, 2.05) is 29.6 Å². The molecule has 0 spiro atoms. The molecule has 2 atom stereocenters. The first-order valence-corrected chi connectivity index (χ1v) is 9.48. The minimum absolute atomic E-state index is 0.0727. The van der Waals surface area contributed by atoms with Gasteiger partial charge in [0.1, 0.15) is 17.6 Å². The first kappa shape index (κ1) is 17.1. The molecule has 2 aliphatic heterocycles. The molecule has 0 radical (unpaired) electrons. The molecule has 3 aliphatic rings. The highest BCUT2D eigenvalue weighted by Gasteiger charge is 2.46. The molecule has 140 valence electrons. The van der Waals surface area contributed by atoms with Crippen LogP contribution in [0.4, 0.5) is 0 Å². The van der Waals surface area contributed by atoms with Gasteiger partial charge in [-0.15, -0.1) is 0 Å². The second kappa shape index (κ2) is 6.78. The van der Waals surface area contributed by atoms with E-state index in [4.69, 9.17) is 4.74 Å². The Bertz CT molecular complexity index is 750. The number of hydrogen-bond acceptors (Lipinski definition) is 4. The van der Waals surface area contributed by atoms with Crippen molar-refractivity contribution in [1.82, 2.24) is 19.8 Å². The van der Waals surface area contributed by atoms with Gasteiger partial charge in [0, 0.05) is 31.9 Å². The first-order chi connectivity index (χ1) is 12.6. The highest BCUT2D eigenvalue weighted by atomic mass is 16.5. The van der Waals surface area contributed by atoms with Gasteiger partial charge in [-0.2, -0.15) is 0 Å². The van der Waals surface area contributed by atoms with Crippen LogP contribution in [0.3, 0.4) is 0 Å². The average molecular weight is 358 g/mol. The summed E-state index contributed by atoms with van der Waals surface area (Å²) in [5, 5.41) is 3.19. The van der Waals surface area contributed by atoms with Crippen LogP contribution in [0.25, 0.3) is 0 Å². The lowest BCUT2D eigenvalue weighted by Crippen LogP contribution is -2.54. The molecular weight excluding hydrogens is 332 g/mol. The summed E-state index contributed by atoms with van der Waals surface area (Å²) >= 11 is 0. The zero-order valence-electron chi connectivity index (χ0n) is 15.4. The van der Waals surface area contributed by atoms with Gasteiger partial charge in [-0.3, -0.25) is 9.59 Å². The van der Waals surface area contributed by atoms with Crippen LogP contribution in [0.1, 0.15) is 57.3 Å². The summed E-state index contributed by atoms with van der Waals surface area (Å²) in [4.78, 5) is 32.0. The normalized spacial score (nSPS) is 26.7.